The third kappa shape index (κ3) is 5.61. The molecule has 1 N–H and O–H groups in total. The Kier molecular flexibility index (Phi) is 7.08. The Bertz CT molecular complexity index is 216. The summed E-state index contributed by atoms with van der Waals surface area (Å²) in [6, 6.07) is 0.396. The quantitative estimate of drug-likeness (QED) is 0.711. The summed E-state index contributed by atoms with van der Waals surface area (Å²) in [6.45, 7) is 4.61. The van der Waals surface area contributed by atoms with Crippen LogP contribution >= 0.6 is 0 Å². The normalized spacial score (nSPS) is 30.7. The summed E-state index contributed by atoms with van der Waals surface area (Å²) in [4.78, 5) is 0. The molecule has 4 heteroatoms. The van der Waals surface area contributed by atoms with E-state index in [1.54, 1.807) is 0 Å². The van der Waals surface area contributed by atoms with Crippen LogP contribution < -0.4 is 5.32 Å². The van der Waals surface area contributed by atoms with Crippen LogP contribution in [-0.2, 0) is 4.74 Å². The van der Waals surface area contributed by atoms with E-state index in [1.807, 2.05) is 7.05 Å². The van der Waals surface area contributed by atoms with Gasteiger partial charge in [-0.2, -0.15) is 0 Å². The monoisotopic (exact) mass is 263 g/mol. The molecule has 3 unspecified atom stereocenters. The van der Waals surface area contributed by atoms with Crippen LogP contribution in [-0.4, -0.2) is 32.7 Å². The van der Waals surface area contributed by atoms with Crippen molar-refractivity contribution < 1.29 is 13.5 Å². The molecule has 0 radical (unpaired) electrons. The van der Waals surface area contributed by atoms with E-state index < -0.39 is 13.0 Å². The van der Waals surface area contributed by atoms with Crippen LogP contribution in [0.4, 0.5) is 8.78 Å². The minimum absolute atomic E-state index is 0.396. The molecule has 1 fully saturated rings. The molecule has 0 aromatic carbocycles. The van der Waals surface area contributed by atoms with Crippen LogP contribution in [0.25, 0.3) is 0 Å². The standard InChI is InChI=1S/C14H27F2NO/c1-10-6-11(2)8-12(7-10)13(17-3)4-5-18-9-14(15)16/h10-14,17H,4-9H2,1-3H3. The van der Waals surface area contributed by atoms with Crippen molar-refractivity contribution in [1.29, 1.82) is 0 Å². The Morgan fingerprint density at radius 3 is 2.28 bits per heavy atom. The van der Waals surface area contributed by atoms with Crippen LogP contribution in [0.2, 0.25) is 0 Å². The van der Waals surface area contributed by atoms with E-state index in [2.05, 4.69) is 19.2 Å². The Morgan fingerprint density at radius 1 is 1.17 bits per heavy atom. The second-order valence-corrected chi connectivity index (χ2v) is 5.83. The molecule has 0 aliphatic heterocycles. The number of halogens is 2. The summed E-state index contributed by atoms with van der Waals surface area (Å²) in [7, 11) is 1.96. The van der Waals surface area contributed by atoms with E-state index in [4.69, 9.17) is 4.74 Å². The average molecular weight is 263 g/mol. The highest BCUT2D eigenvalue weighted by atomic mass is 19.3. The molecule has 1 rings (SSSR count). The second-order valence-electron chi connectivity index (χ2n) is 5.83. The van der Waals surface area contributed by atoms with Crippen LogP contribution in [0.5, 0.6) is 0 Å². The fraction of sp³-hybridized carbons (Fsp3) is 1.00. The van der Waals surface area contributed by atoms with Crippen LogP contribution in [0, 0.1) is 17.8 Å². The highest BCUT2D eigenvalue weighted by molar-refractivity contribution is 4.83. The molecule has 0 heterocycles. The van der Waals surface area contributed by atoms with E-state index in [0.717, 1.165) is 18.3 Å². The first kappa shape index (κ1) is 15.8. The van der Waals surface area contributed by atoms with Gasteiger partial charge < -0.3 is 10.1 Å². The second kappa shape index (κ2) is 8.05. The maximum absolute atomic E-state index is 12.0. The first-order valence-electron chi connectivity index (χ1n) is 7.06. The van der Waals surface area contributed by atoms with E-state index >= 15 is 0 Å². The number of rotatable bonds is 7. The highest BCUT2D eigenvalue weighted by Gasteiger charge is 2.29. The lowest BCUT2D eigenvalue weighted by atomic mass is 9.73. The topological polar surface area (TPSA) is 21.3 Å². The van der Waals surface area contributed by atoms with Crippen LogP contribution in [0.3, 0.4) is 0 Å². The van der Waals surface area contributed by atoms with Gasteiger partial charge in [-0.25, -0.2) is 8.78 Å². The van der Waals surface area contributed by atoms with Crippen molar-refractivity contribution in [3.8, 4) is 0 Å². The highest BCUT2D eigenvalue weighted by Crippen LogP contribution is 2.35. The van der Waals surface area contributed by atoms with Crippen molar-refractivity contribution in [1.82, 2.24) is 5.32 Å². The maximum atomic E-state index is 12.0. The van der Waals surface area contributed by atoms with Crippen molar-refractivity contribution in [3.63, 3.8) is 0 Å². The lowest BCUT2D eigenvalue weighted by Crippen LogP contribution is -2.38. The van der Waals surface area contributed by atoms with Crippen LogP contribution in [0.1, 0.15) is 39.5 Å². The molecule has 0 bridgehead atoms. The van der Waals surface area contributed by atoms with Gasteiger partial charge in [0.05, 0.1) is 0 Å². The third-order valence-electron chi connectivity index (χ3n) is 3.97. The lowest BCUT2D eigenvalue weighted by molar-refractivity contribution is 0.0114. The summed E-state index contributed by atoms with van der Waals surface area (Å²) in [6.07, 6.45) is 2.27. The van der Waals surface area contributed by atoms with Gasteiger partial charge in [-0.1, -0.05) is 13.8 Å². The molecule has 0 aromatic rings. The SMILES string of the molecule is CNC(CCOCC(F)F)C1CC(C)CC(C)C1. The van der Waals surface area contributed by atoms with Gasteiger partial charge in [-0.05, 0) is 50.5 Å². The fourth-order valence-electron chi connectivity index (χ4n) is 3.34. The van der Waals surface area contributed by atoms with Crippen molar-refractivity contribution in [2.75, 3.05) is 20.3 Å². The number of hydrogen-bond acceptors (Lipinski definition) is 2. The molecule has 3 atom stereocenters. The summed E-state index contributed by atoms with van der Waals surface area (Å²) in [5.74, 6) is 2.21. The van der Waals surface area contributed by atoms with E-state index in [-0.39, 0.29) is 0 Å². The van der Waals surface area contributed by atoms with Gasteiger partial charge >= 0.3 is 0 Å². The van der Waals surface area contributed by atoms with E-state index in [9.17, 15) is 8.78 Å². The van der Waals surface area contributed by atoms with E-state index in [0.29, 0.717) is 18.6 Å². The van der Waals surface area contributed by atoms with Crippen molar-refractivity contribution in [3.05, 3.63) is 0 Å². The van der Waals surface area contributed by atoms with Crippen molar-refractivity contribution >= 4 is 0 Å². The molecule has 0 aromatic heterocycles. The fourth-order valence-corrected chi connectivity index (χ4v) is 3.34. The van der Waals surface area contributed by atoms with Crippen molar-refractivity contribution in [2.24, 2.45) is 17.8 Å². The molecule has 0 saturated heterocycles. The minimum atomic E-state index is -2.35. The molecule has 1 aliphatic carbocycles. The first-order valence-corrected chi connectivity index (χ1v) is 7.06. The minimum Gasteiger partial charge on any atom is -0.375 e. The maximum Gasteiger partial charge on any atom is 0.261 e. The van der Waals surface area contributed by atoms with Gasteiger partial charge in [0.25, 0.3) is 6.43 Å². The Balaban J connectivity index is 2.30. The third-order valence-corrected chi connectivity index (χ3v) is 3.97. The molecule has 18 heavy (non-hydrogen) atoms. The molecule has 2 nitrogen and oxygen atoms in total. The average Bonchev–Trinajstić information content (AvgIpc) is 2.27. The number of nitrogens with one attached hydrogen (secondary N) is 1. The zero-order valence-corrected chi connectivity index (χ0v) is 11.8. The van der Waals surface area contributed by atoms with Gasteiger partial charge in [0.2, 0.25) is 0 Å². The van der Waals surface area contributed by atoms with Crippen LogP contribution in [0.15, 0.2) is 0 Å². The lowest BCUT2D eigenvalue weighted by Gasteiger charge is -2.36. The molecular weight excluding hydrogens is 236 g/mol. The number of ether oxygens (including phenoxy) is 1. The molecule has 1 saturated carbocycles. The van der Waals surface area contributed by atoms with Crippen molar-refractivity contribution in [2.45, 2.75) is 52.0 Å². The van der Waals surface area contributed by atoms with Gasteiger partial charge in [0.1, 0.15) is 6.61 Å². The first-order chi connectivity index (χ1) is 8.52. The Labute approximate surface area is 109 Å². The summed E-state index contributed by atoms with van der Waals surface area (Å²) in [5, 5.41) is 3.33. The predicted octanol–water partition coefficient (Wildman–Crippen LogP) is 3.32. The summed E-state index contributed by atoms with van der Waals surface area (Å²) < 4.78 is 28.9. The summed E-state index contributed by atoms with van der Waals surface area (Å²) in [5.41, 5.74) is 0. The molecular formula is C14H27F2NO. The van der Waals surface area contributed by atoms with Gasteiger partial charge in [-0.3, -0.25) is 0 Å². The van der Waals surface area contributed by atoms with Gasteiger partial charge in [0, 0.05) is 12.6 Å². The van der Waals surface area contributed by atoms with E-state index in [1.165, 1.54) is 19.3 Å². The zero-order valence-electron chi connectivity index (χ0n) is 11.8. The largest absolute Gasteiger partial charge is 0.375 e. The summed E-state index contributed by atoms with van der Waals surface area (Å²) >= 11 is 0. The molecule has 1 aliphatic rings. The smallest absolute Gasteiger partial charge is 0.261 e. The Morgan fingerprint density at radius 2 is 1.78 bits per heavy atom. The zero-order chi connectivity index (χ0) is 13.5. The molecule has 108 valence electrons. The van der Waals surface area contributed by atoms with Gasteiger partial charge in [-0.15, -0.1) is 0 Å². The molecule has 0 amide bonds. The number of hydrogen-bond donors (Lipinski definition) is 1. The van der Waals surface area contributed by atoms with Gasteiger partial charge in [0.15, 0.2) is 0 Å². The Hall–Kier alpha value is -0.220. The molecule has 0 spiro atoms. The number of alkyl halides is 2. The predicted molar refractivity (Wildman–Crippen MR) is 70.0 cm³/mol.